The first-order valence-corrected chi connectivity index (χ1v) is 15.3. The highest BCUT2D eigenvalue weighted by Crippen LogP contribution is 2.33. The summed E-state index contributed by atoms with van der Waals surface area (Å²) in [5.41, 5.74) is 2.56. The van der Waals surface area contributed by atoms with Crippen molar-refractivity contribution in [2.45, 2.75) is 66.7 Å². The van der Waals surface area contributed by atoms with Crippen molar-refractivity contribution in [3.63, 3.8) is 0 Å². The first kappa shape index (κ1) is 29.7. The number of ether oxygens (including phenoxy) is 4. The Kier molecular flexibility index (Phi) is 9.75. The molecular weight excluding hydrogens is 556 g/mol. The van der Waals surface area contributed by atoms with Crippen molar-refractivity contribution in [1.29, 1.82) is 0 Å². The highest BCUT2D eigenvalue weighted by atomic mass is 32.2. The van der Waals surface area contributed by atoms with E-state index in [2.05, 4.69) is 10.8 Å². The van der Waals surface area contributed by atoms with Crippen LogP contribution in [0.3, 0.4) is 0 Å². The van der Waals surface area contributed by atoms with Crippen LogP contribution in [0.25, 0.3) is 0 Å². The van der Waals surface area contributed by atoms with E-state index < -0.39 is 45.7 Å². The molecule has 0 radical (unpaired) electrons. The van der Waals surface area contributed by atoms with Gasteiger partial charge in [0.15, 0.2) is 11.7 Å². The smallest absolute Gasteiger partial charge is 0.407 e. The molecule has 13 heteroatoms. The fourth-order valence-corrected chi connectivity index (χ4v) is 6.82. The molecule has 0 bridgehead atoms. The molecule has 2 aromatic carbocycles. The Morgan fingerprint density at radius 3 is 2.56 bits per heavy atom. The minimum atomic E-state index is -3.80. The van der Waals surface area contributed by atoms with Crippen LogP contribution in [0.2, 0.25) is 0 Å². The second-order valence-corrected chi connectivity index (χ2v) is 12.5. The van der Waals surface area contributed by atoms with E-state index >= 15 is 0 Å². The van der Waals surface area contributed by atoms with E-state index in [0.717, 1.165) is 12.0 Å². The van der Waals surface area contributed by atoms with Crippen LogP contribution >= 0.6 is 0 Å². The predicted octanol–water partition coefficient (Wildman–Crippen LogP) is 1.65. The summed E-state index contributed by atoms with van der Waals surface area (Å²) in [6.45, 7) is 0.974. The molecule has 3 heterocycles. The quantitative estimate of drug-likeness (QED) is 0.281. The fourth-order valence-electron chi connectivity index (χ4n) is 5.26. The summed E-state index contributed by atoms with van der Waals surface area (Å²) >= 11 is 0. The minimum Gasteiger partial charge on any atom is -0.508 e. The van der Waals surface area contributed by atoms with Gasteiger partial charge in [-0.1, -0.05) is 30.3 Å². The van der Waals surface area contributed by atoms with E-state index in [4.69, 9.17) is 23.8 Å². The van der Waals surface area contributed by atoms with Crippen molar-refractivity contribution in [1.82, 2.24) is 10.8 Å². The van der Waals surface area contributed by atoms with E-state index in [9.17, 15) is 23.4 Å². The van der Waals surface area contributed by atoms with Crippen molar-refractivity contribution in [3.8, 4) is 5.75 Å². The molecule has 0 aliphatic carbocycles. The van der Waals surface area contributed by atoms with E-state index in [0.29, 0.717) is 19.4 Å². The number of sulfone groups is 1. The normalized spacial score (nSPS) is 27.6. The number of hydroxylamine groups is 1. The van der Waals surface area contributed by atoms with Crippen LogP contribution in [-0.4, -0.2) is 87.2 Å². The lowest BCUT2D eigenvalue weighted by Crippen LogP contribution is -2.50. The van der Waals surface area contributed by atoms with Gasteiger partial charge in [0.2, 0.25) is 9.84 Å². The number of carbonyl (C=O) groups excluding carboxylic acids is 1. The van der Waals surface area contributed by atoms with E-state index in [1.807, 2.05) is 30.3 Å². The molecule has 3 fully saturated rings. The topological polar surface area (TPSA) is 162 Å². The highest BCUT2D eigenvalue weighted by Gasteiger charge is 2.44. The summed E-state index contributed by atoms with van der Waals surface area (Å²) in [5, 5.41) is 23.3. The number of alkyl carbamates (subject to hydrolysis) is 1. The zero-order valence-corrected chi connectivity index (χ0v) is 23.3. The van der Waals surface area contributed by atoms with Gasteiger partial charge in [0.1, 0.15) is 11.9 Å². The van der Waals surface area contributed by atoms with Gasteiger partial charge < -0.3 is 34.5 Å². The van der Waals surface area contributed by atoms with Crippen LogP contribution in [0.15, 0.2) is 59.5 Å². The Morgan fingerprint density at radius 2 is 1.78 bits per heavy atom. The average Bonchev–Trinajstić information content (AvgIpc) is 3.59. The van der Waals surface area contributed by atoms with Crippen molar-refractivity contribution in [2.24, 2.45) is 5.92 Å². The van der Waals surface area contributed by atoms with Crippen molar-refractivity contribution in [2.75, 3.05) is 26.4 Å². The summed E-state index contributed by atoms with van der Waals surface area (Å²) in [5.74, 6) is -0.0372. The standard InChI is InChI=1S/C28H36N2O10S/c31-19-6-8-21(9-7-19)41(34,35)26-15-20(10-12-36-26)40-29-16-24(32)23(14-18-4-2-1-3-5-18)30-28(33)39-25-17-38-27-22(25)11-13-37-27/h1-9,20,22-27,29,31-32H,10-17H2,(H,30,33). The van der Waals surface area contributed by atoms with Gasteiger partial charge in [-0.25, -0.2) is 13.2 Å². The number of phenols is 1. The van der Waals surface area contributed by atoms with Crippen LogP contribution < -0.4 is 10.8 Å². The lowest BCUT2D eigenvalue weighted by Gasteiger charge is -2.30. The third kappa shape index (κ3) is 7.55. The molecule has 7 atom stereocenters. The Bertz CT molecular complexity index is 1250. The van der Waals surface area contributed by atoms with Gasteiger partial charge in [0.25, 0.3) is 0 Å². The molecule has 1 amide bonds. The van der Waals surface area contributed by atoms with Gasteiger partial charge in [-0.2, -0.15) is 5.48 Å². The second-order valence-electron chi connectivity index (χ2n) is 10.4. The predicted molar refractivity (Wildman–Crippen MR) is 144 cm³/mol. The van der Waals surface area contributed by atoms with Crippen molar-refractivity contribution < 1.29 is 47.2 Å². The molecule has 5 rings (SSSR count). The van der Waals surface area contributed by atoms with Crippen LogP contribution in [0.1, 0.15) is 24.8 Å². The number of nitrogens with one attached hydrogen (secondary N) is 2. The Hall–Kier alpha value is -2.78. The number of aliphatic hydroxyl groups is 1. The van der Waals surface area contributed by atoms with E-state index in [-0.39, 0.29) is 49.0 Å². The summed E-state index contributed by atoms with van der Waals surface area (Å²) in [6, 6.07) is 14.0. The van der Waals surface area contributed by atoms with E-state index in [1.54, 1.807) is 0 Å². The lowest BCUT2D eigenvalue weighted by molar-refractivity contribution is -0.0956. The maximum absolute atomic E-state index is 13.0. The number of benzene rings is 2. The highest BCUT2D eigenvalue weighted by molar-refractivity contribution is 7.91. The summed E-state index contributed by atoms with van der Waals surface area (Å²) < 4.78 is 48.2. The molecule has 3 aliphatic rings. The average molecular weight is 593 g/mol. The zero-order chi connectivity index (χ0) is 28.8. The zero-order valence-electron chi connectivity index (χ0n) is 22.5. The number of fused-ring (bicyclic) bond motifs is 1. The fraction of sp³-hybridized carbons (Fsp3) is 0.536. The van der Waals surface area contributed by atoms with Crippen LogP contribution in [0.4, 0.5) is 4.79 Å². The molecule has 3 saturated heterocycles. The van der Waals surface area contributed by atoms with Gasteiger partial charge >= 0.3 is 6.09 Å². The number of aromatic hydroxyl groups is 1. The van der Waals surface area contributed by atoms with Crippen LogP contribution in [0, 0.1) is 5.92 Å². The molecular formula is C28H36N2O10S. The monoisotopic (exact) mass is 592 g/mol. The largest absolute Gasteiger partial charge is 0.508 e. The Morgan fingerprint density at radius 1 is 1.02 bits per heavy atom. The third-order valence-corrected chi connectivity index (χ3v) is 9.51. The first-order valence-electron chi connectivity index (χ1n) is 13.7. The lowest BCUT2D eigenvalue weighted by atomic mass is 10.0. The number of amides is 1. The minimum absolute atomic E-state index is 0.00512. The SMILES string of the molecule is O=C(NC(Cc1ccccc1)C(O)CNOC1CCOC(S(=O)(=O)c2ccc(O)cc2)C1)OC1COC2OCCC12. The maximum atomic E-state index is 13.0. The van der Waals surface area contributed by atoms with Crippen molar-refractivity contribution >= 4 is 15.9 Å². The summed E-state index contributed by atoms with van der Waals surface area (Å²) in [4.78, 5) is 18.6. The summed E-state index contributed by atoms with van der Waals surface area (Å²) in [6.07, 6.45) is -1.32. The maximum Gasteiger partial charge on any atom is 0.407 e. The van der Waals surface area contributed by atoms with Crippen LogP contribution in [-0.2, 0) is 40.0 Å². The van der Waals surface area contributed by atoms with Gasteiger partial charge in [0, 0.05) is 13.0 Å². The Balaban J connectivity index is 1.14. The number of aliphatic hydroxyl groups excluding tert-OH is 1. The van der Waals surface area contributed by atoms with Gasteiger partial charge in [0.05, 0.1) is 48.9 Å². The molecule has 7 unspecified atom stereocenters. The number of phenolic OH excluding ortho intramolecular Hbond substituents is 1. The first-order chi connectivity index (χ1) is 19.8. The molecule has 0 saturated carbocycles. The molecule has 0 spiro atoms. The molecule has 224 valence electrons. The molecule has 12 nitrogen and oxygen atoms in total. The Labute approximate surface area is 238 Å². The molecule has 3 aliphatic heterocycles. The second kappa shape index (κ2) is 13.5. The number of carbonyl (C=O) groups is 1. The number of rotatable bonds is 11. The van der Waals surface area contributed by atoms with E-state index in [1.165, 1.54) is 24.3 Å². The van der Waals surface area contributed by atoms with Crippen LogP contribution in [0.5, 0.6) is 5.75 Å². The van der Waals surface area contributed by atoms with Crippen molar-refractivity contribution in [3.05, 3.63) is 60.2 Å². The molecule has 4 N–H and O–H groups in total. The molecule has 41 heavy (non-hydrogen) atoms. The van der Waals surface area contributed by atoms with Gasteiger partial charge in [-0.3, -0.25) is 4.84 Å². The van der Waals surface area contributed by atoms with Gasteiger partial charge in [-0.05, 0) is 49.1 Å². The van der Waals surface area contributed by atoms with Gasteiger partial charge in [-0.15, -0.1) is 0 Å². The number of hydrogen-bond donors (Lipinski definition) is 4. The third-order valence-electron chi connectivity index (χ3n) is 7.56. The summed E-state index contributed by atoms with van der Waals surface area (Å²) in [7, 11) is -3.80. The molecule has 2 aromatic rings. The number of hydrogen-bond acceptors (Lipinski definition) is 11. The molecule has 0 aromatic heterocycles.